The predicted octanol–water partition coefficient (Wildman–Crippen LogP) is -2.43. The van der Waals surface area contributed by atoms with Gasteiger partial charge in [-0.3, -0.25) is 19.3 Å². The Kier molecular flexibility index (Phi) is 8.36. The third-order valence-corrected chi connectivity index (χ3v) is 6.65. The Balaban J connectivity index is 0.00000253. The van der Waals surface area contributed by atoms with Gasteiger partial charge >= 0.3 is 41.7 Å². The van der Waals surface area contributed by atoms with E-state index in [1.54, 1.807) is 0 Å². The third kappa shape index (κ3) is 5.66. The number of oxime groups is 1. The van der Waals surface area contributed by atoms with Crippen LogP contribution in [0.2, 0.25) is 0 Å². The normalized spacial score (nSPS) is 23.1. The molecule has 0 bridgehead atoms. The zero-order valence-corrected chi connectivity index (χ0v) is 22.1. The Morgan fingerprint density at radius 2 is 2.05 bits per heavy atom. The van der Waals surface area contributed by atoms with E-state index in [1.807, 2.05) is 0 Å². The fourth-order valence-corrected chi connectivity index (χ4v) is 4.98. The Hall–Kier alpha value is -2.95. The summed E-state index contributed by atoms with van der Waals surface area (Å²) >= 11 is 1.00. The molecule has 0 unspecified atom stereocenters. The topological polar surface area (TPSA) is 179 Å². The number of carboxylic acids is 1. The van der Waals surface area contributed by atoms with Gasteiger partial charge in [-0.1, -0.05) is 5.16 Å². The van der Waals surface area contributed by atoms with Gasteiger partial charge in [0.1, 0.15) is 24.0 Å². The summed E-state index contributed by atoms with van der Waals surface area (Å²) in [5.41, 5.74) is 4.78. The maximum atomic E-state index is 12.8. The van der Waals surface area contributed by atoms with E-state index in [1.165, 1.54) is 11.5 Å². The summed E-state index contributed by atoms with van der Waals surface area (Å²) < 4.78 is 38.0. The van der Waals surface area contributed by atoms with Crippen LogP contribution in [0.3, 0.4) is 0 Å². The summed E-state index contributed by atoms with van der Waals surface area (Å²) in [5.74, 6) is -3.97. The molecule has 3 amide bonds. The molecule has 3 aliphatic rings. The second-order valence-corrected chi connectivity index (χ2v) is 9.12. The number of carboxylic acid groups (broad SMARTS) is 1. The van der Waals surface area contributed by atoms with Crippen molar-refractivity contribution < 1.29 is 73.6 Å². The number of nitrogens with zero attached hydrogens (tertiary/aromatic N) is 4. The van der Waals surface area contributed by atoms with E-state index < -0.39 is 59.9 Å². The zero-order chi connectivity index (χ0) is 26.4. The van der Waals surface area contributed by atoms with Crippen LogP contribution in [-0.4, -0.2) is 85.8 Å². The van der Waals surface area contributed by atoms with Crippen molar-refractivity contribution in [1.82, 2.24) is 20.1 Å². The number of amides is 3. The van der Waals surface area contributed by atoms with E-state index in [0.717, 1.165) is 16.2 Å². The number of aromatic nitrogens is 1. The van der Waals surface area contributed by atoms with Gasteiger partial charge in [-0.15, -0.1) is 11.3 Å². The number of rotatable bonds is 6. The van der Waals surface area contributed by atoms with Gasteiger partial charge in [0.2, 0.25) is 5.91 Å². The number of allylic oxidation sites excluding steroid dienone is 2. The molecule has 0 aliphatic carbocycles. The smallest absolute Gasteiger partial charge is 1.00 e. The Bertz CT molecular complexity index is 1250. The van der Waals surface area contributed by atoms with Crippen LogP contribution in [0.25, 0.3) is 0 Å². The van der Waals surface area contributed by atoms with Crippen molar-refractivity contribution in [2.24, 2.45) is 5.16 Å². The van der Waals surface area contributed by atoms with Crippen molar-refractivity contribution in [2.75, 3.05) is 18.8 Å². The van der Waals surface area contributed by atoms with Crippen molar-refractivity contribution in [1.29, 1.82) is 0 Å². The number of alkyl halides is 3. The van der Waals surface area contributed by atoms with Gasteiger partial charge < -0.3 is 27.7 Å². The summed E-state index contributed by atoms with van der Waals surface area (Å²) in [6.45, 7) is -1.56. The van der Waals surface area contributed by atoms with Crippen LogP contribution in [0, 0.1) is 0 Å². The van der Waals surface area contributed by atoms with Gasteiger partial charge in [-0.2, -0.15) is 13.2 Å². The number of nitrogen functional groups attached to an aromatic ring is 1. The Morgan fingerprint density at radius 1 is 1.35 bits per heavy atom. The number of nitrogens with two attached hydrogens (primary N) is 1. The number of halogens is 3. The van der Waals surface area contributed by atoms with E-state index in [4.69, 9.17) is 5.73 Å². The number of aliphatic carboxylic acids is 1. The summed E-state index contributed by atoms with van der Waals surface area (Å²) in [6.07, 6.45) is -3.01. The number of thiazole rings is 1. The van der Waals surface area contributed by atoms with Crippen LogP contribution in [0.5, 0.6) is 0 Å². The van der Waals surface area contributed by atoms with Gasteiger partial charge in [0, 0.05) is 17.5 Å². The van der Waals surface area contributed by atoms with Crippen molar-refractivity contribution in [2.45, 2.75) is 37.5 Å². The van der Waals surface area contributed by atoms with E-state index >= 15 is 0 Å². The monoisotopic (exact) mass is 552 g/mol. The molecule has 2 fully saturated rings. The zero-order valence-electron chi connectivity index (χ0n) is 20.3. The molecule has 194 valence electrons. The molecular weight excluding hydrogens is 532 g/mol. The Labute approximate surface area is 234 Å². The molecular formula is C20H20F3N6NaO6S. The summed E-state index contributed by atoms with van der Waals surface area (Å²) in [5, 5.41) is 25.8. The molecule has 0 spiro atoms. The van der Waals surface area contributed by atoms with Crippen molar-refractivity contribution >= 4 is 45.9 Å². The molecule has 12 nitrogen and oxygen atoms in total. The molecule has 1 aromatic heterocycles. The molecule has 2 atom stereocenters. The second kappa shape index (κ2) is 10.8. The largest absolute Gasteiger partial charge is 1.00 e. The molecule has 17 heteroatoms. The average Bonchev–Trinajstić information content (AvgIpc) is 3.37. The van der Waals surface area contributed by atoms with Crippen molar-refractivity contribution in [3.63, 3.8) is 0 Å². The van der Waals surface area contributed by atoms with Crippen LogP contribution in [0.4, 0.5) is 18.3 Å². The molecule has 0 saturated carbocycles. The van der Waals surface area contributed by atoms with E-state index in [0.29, 0.717) is 4.90 Å². The molecule has 1 aromatic rings. The van der Waals surface area contributed by atoms with Gasteiger partial charge in [-0.25, -0.2) is 9.78 Å². The molecule has 4 rings (SSSR count). The first-order valence-corrected chi connectivity index (χ1v) is 11.4. The first-order valence-electron chi connectivity index (χ1n) is 10.5. The number of carbonyl (C=O) groups excluding carboxylic acids is 3. The minimum Gasteiger partial charge on any atom is -1.00 e. The van der Waals surface area contributed by atoms with Crippen molar-refractivity contribution in [3.8, 4) is 0 Å². The number of β-lactam (4-membered cyclic amide) rings is 1. The molecule has 2 saturated heterocycles. The molecule has 0 aromatic carbocycles. The number of nitrogens with one attached hydrogen (secondary N) is 1. The maximum absolute atomic E-state index is 12.8. The van der Waals surface area contributed by atoms with Crippen LogP contribution < -0.4 is 40.6 Å². The number of anilines is 1. The fraction of sp³-hybridized carbons (Fsp3) is 0.400. The fourth-order valence-electron chi connectivity index (χ4n) is 4.43. The average molecular weight is 552 g/mol. The summed E-state index contributed by atoms with van der Waals surface area (Å²) in [6, 6.07) is -1.83. The SMILES string of the molecule is Nc1nc(/C(=N/O)C(=O)N[C@@H]2C(=O)N3C(C(=O)O)=C(/C=C4\CCN(CC(F)(F)F)C4=O)CC[C@H]23)cs1.[H-].[Na+]. The Morgan fingerprint density at radius 3 is 2.62 bits per heavy atom. The number of carbonyl (C=O) groups is 4. The molecule has 5 N–H and O–H groups in total. The minimum absolute atomic E-state index is 0. The molecule has 4 heterocycles. The van der Waals surface area contributed by atoms with Gasteiger partial charge in [0.15, 0.2) is 10.8 Å². The third-order valence-electron chi connectivity index (χ3n) is 5.97. The van der Waals surface area contributed by atoms with E-state index in [-0.39, 0.29) is 78.8 Å². The van der Waals surface area contributed by atoms with E-state index in [9.17, 15) is 42.7 Å². The van der Waals surface area contributed by atoms with Crippen LogP contribution >= 0.6 is 11.3 Å². The standard InChI is InChI=1S/C20H19F3N6O6S.Na.H/c21-20(22,23)7-28-4-3-9(16(28)31)5-8-1-2-11-13(17(32)29(11)14(8)18(33)34)26-15(30)12(27-35)10-6-36-19(24)25-10;;/h5-6,11,13,35H,1-4,7H2,(H2,24,25)(H,26,30)(H,33,34);;/q;+1;-1/b9-5+,27-12-;;/t11-,13+;;/m1../s1. The maximum Gasteiger partial charge on any atom is 1.00 e. The number of hydrogen-bond donors (Lipinski definition) is 4. The minimum atomic E-state index is -4.56. The first-order chi connectivity index (χ1) is 16.9. The summed E-state index contributed by atoms with van der Waals surface area (Å²) in [4.78, 5) is 55.2. The van der Waals surface area contributed by atoms with Gasteiger partial charge in [-0.05, 0) is 30.9 Å². The first kappa shape index (κ1) is 28.6. The van der Waals surface area contributed by atoms with Crippen LogP contribution in [-0.2, 0) is 19.2 Å². The molecule has 3 aliphatic heterocycles. The van der Waals surface area contributed by atoms with E-state index in [2.05, 4.69) is 15.5 Å². The molecule has 0 radical (unpaired) electrons. The predicted molar refractivity (Wildman–Crippen MR) is 118 cm³/mol. The van der Waals surface area contributed by atoms with Gasteiger partial charge in [0.05, 0.1) is 6.04 Å². The van der Waals surface area contributed by atoms with Crippen LogP contribution in [0.15, 0.2) is 33.5 Å². The summed E-state index contributed by atoms with van der Waals surface area (Å²) in [7, 11) is 0. The quantitative estimate of drug-likeness (QED) is 0.0751. The number of hydrogen-bond acceptors (Lipinski definition) is 9. The second-order valence-electron chi connectivity index (χ2n) is 8.23. The van der Waals surface area contributed by atoms with Crippen molar-refractivity contribution in [3.05, 3.63) is 34.0 Å². The number of likely N-dealkylation sites (tertiary alicyclic amines) is 1. The van der Waals surface area contributed by atoms with Gasteiger partial charge in [0.25, 0.3) is 11.8 Å². The molecule has 37 heavy (non-hydrogen) atoms. The van der Waals surface area contributed by atoms with Crippen LogP contribution in [0.1, 0.15) is 26.4 Å². The number of fused-ring (bicyclic) bond motifs is 1.